The van der Waals surface area contributed by atoms with E-state index in [9.17, 15) is 0 Å². The lowest BCUT2D eigenvalue weighted by Crippen LogP contribution is -2.58. The molecular formula is C16H33N3. The van der Waals surface area contributed by atoms with Crippen LogP contribution in [-0.2, 0) is 0 Å². The molecule has 1 unspecified atom stereocenters. The van der Waals surface area contributed by atoms with Crippen molar-refractivity contribution in [1.29, 1.82) is 0 Å². The van der Waals surface area contributed by atoms with Crippen LogP contribution in [0, 0.1) is 0 Å². The van der Waals surface area contributed by atoms with Crippen molar-refractivity contribution in [1.82, 2.24) is 15.1 Å². The molecule has 1 aliphatic heterocycles. The molecule has 112 valence electrons. The van der Waals surface area contributed by atoms with E-state index < -0.39 is 0 Å². The van der Waals surface area contributed by atoms with E-state index in [1.165, 1.54) is 51.6 Å². The molecule has 2 aliphatic rings. The van der Waals surface area contributed by atoms with Gasteiger partial charge in [-0.25, -0.2) is 0 Å². The molecule has 0 aromatic carbocycles. The van der Waals surface area contributed by atoms with E-state index in [-0.39, 0.29) is 0 Å². The minimum absolute atomic E-state index is 0.339. The predicted octanol–water partition coefficient (Wildman–Crippen LogP) is 2.32. The Morgan fingerprint density at radius 2 is 1.84 bits per heavy atom. The molecule has 1 saturated carbocycles. The summed E-state index contributed by atoms with van der Waals surface area (Å²) >= 11 is 0. The first-order chi connectivity index (χ1) is 9.00. The third-order valence-corrected chi connectivity index (χ3v) is 4.93. The lowest BCUT2D eigenvalue weighted by molar-refractivity contribution is 0.00545. The van der Waals surface area contributed by atoms with Crippen LogP contribution in [0.2, 0.25) is 0 Å². The fraction of sp³-hybridized carbons (Fsp3) is 1.00. The third kappa shape index (κ3) is 3.93. The van der Waals surface area contributed by atoms with E-state index in [0.29, 0.717) is 11.6 Å². The number of nitrogens with zero attached hydrogens (tertiary/aromatic N) is 2. The Labute approximate surface area is 119 Å². The van der Waals surface area contributed by atoms with E-state index in [4.69, 9.17) is 0 Å². The van der Waals surface area contributed by atoms with E-state index in [1.54, 1.807) is 0 Å². The van der Waals surface area contributed by atoms with E-state index >= 15 is 0 Å². The minimum Gasteiger partial charge on any atom is -0.315 e. The lowest BCUT2D eigenvalue weighted by atomic mass is 9.87. The second kappa shape index (κ2) is 6.55. The zero-order chi connectivity index (χ0) is 13.9. The summed E-state index contributed by atoms with van der Waals surface area (Å²) in [5.41, 5.74) is 0.339. The quantitative estimate of drug-likeness (QED) is 0.846. The molecular weight excluding hydrogens is 234 g/mol. The SMILES string of the molecule is CN(C)CC1CNCCC(C)(C)N1C1CCCCC1. The van der Waals surface area contributed by atoms with Crippen molar-refractivity contribution in [2.75, 3.05) is 33.7 Å². The Kier molecular flexibility index (Phi) is 5.27. The van der Waals surface area contributed by atoms with Crippen LogP contribution in [0.5, 0.6) is 0 Å². The summed E-state index contributed by atoms with van der Waals surface area (Å²) in [7, 11) is 4.41. The van der Waals surface area contributed by atoms with Crippen LogP contribution in [0.3, 0.4) is 0 Å². The molecule has 1 aliphatic carbocycles. The number of hydrogen-bond acceptors (Lipinski definition) is 3. The first kappa shape index (κ1) is 15.3. The summed E-state index contributed by atoms with van der Waals surface area (Å²) in [5, 5.41) is 3.66. The highest BCUT2D eigenvalue weighted by Gasteiger charge is 2.39. The van der Waals surface area contributed by atoms with Crippen LogP contribution in [-0.4, -0.2) is 61.2 Å². The Hall–Kier alpha value is -0.120. The first-order valence-corrected chi connectivity index (χ1v) is 8.14. The van der Waals surface area contributed by atoms with Crippen LogP contribution in [0.15, 0.2) is 0 Å². The van der Waals surface area contributed by atoms with Crippen molar-refractivity contribution in [2.45, 2.75) is 70.0 Å². The summed E-state index contributed by atoms with van der Waals surface area (Å²) in [5.74, 6) is 0. The largest absolute Gasteiger partial charge is 0.315 e. The van der Waals surface area contributed by atoms with Crippen molar-refractivity contribution in [3.05, 3.63) is 0 Å². The standard InChI is InChI=1S/C16H33N3/c1-16(2)10-11-17-12-15(13-18(3)4)19(16)14-8-6-5-7-9-14/h14-15,17H,5-13H2,1-4H3. The van der Waals surface area contributed by atoms with Gasteiger partial charge in [-0.3, -0.25) is 4.90 Å². The summed E-state index contributed by atoms with van der Waals surface area (Å²) in [6.07, 6.45) is 8.40. The van der Waals surface area contributed by atoms with Gasteiger partial charge in [-0.15, -0.1) is 0 Å². The number of nitrogens with one attached hydrogen (secondary N) is 1. The third-order valence-electron chi connectivity index (χ3n) is 4.93. The molecule has 0 amide bonds. The van der Waals surface area contributed by atoms with Gasteiger partial charge < -0.3 is 10.2 Å². The lowest BCUT2D eigenvalue weighted by Gasteiger charge is -2.48. The molecule has 3 nitrogen and oxygen atoms in total. The minimum atomic E-state index is 0.339. The van der Waals surface area contributed by atoms with Gasteiger partial charge in [0.25, 0.3) is 0 Å². The maximum Gasteiger partial charge on any atom is 0.0355 e. The monoisotopic (exact) mass is 267 g/mol. The number of rotatable bonds is 3. The van der Waals surface area contributed by atoms with Gasteiger partial charge in [0.15, 0.2) is 0 Å². The topological polar surface area (TPSA) is 18.5 Å². The van der Waals surface area contributed by atoms with Crippen molar-refractivity contribution in [2.24, 2.45) is 0 Å². The molecule has 0 radical (unpaired) electrons. The maximum absolute atomic E-state index is 3.66. The molecule has 0 aromatic rings. The highest BCUT2D eigenvalue weighted by Crippen LogP contribution is 2.33. The first-order valence-electron chi connectivity index (χ1n) is 8.14. The van der Waals surface area contributed by atoms with Gasteiger partial charge in [0.05, 0.1) is 0 Å². The average Bonchev–Trinajstić information content (AvgIpc) is 2.48. The predicted molar refractivity (Wildman–Crippen MR) is 82.6 cm³/mol. The van der Waals surface area contributed by atoms with Crippen LogP contribution < -0.4 is 5.32 Å². The van der Waals surface area contributed by atoms with Gasteiger partial charge in [-0.05, 0) is 53.8 Å². The highest BCUT2D eigenvalue weighted by atomic mass is 15.3. The van der Waals surface area contributed by atoms with Gasteiger partial charge in [-0.2, -0.15) is 0 Å². The molecule has 1 N–H and O–H groups in total. The van der Waals surface area contributed by atoms with Crippen molar-refractivity contribution in [3.63, 3.8) is 0 Å². The maximum atomic E-state index is 3.66. The van der Waals surface area contributed by atoms with Crippen LogP contribution in [0.25, 0.3) is 0 Å². The van der Waals surface area contributed by atoms with Crippen LogP contribution >= 0.6 is 0 Å². The fourth-order valence-electron chi connectivity index (χ4n) is 4.11. The summed E-state index contributed by atoms with van der Waals surface area (Å²) < 4.78 is 0. The molecule has 0 bridgehead atoms. The summed E-state index contributed by atoms with van der Waals surface area (Å²) in [6, 6.07) is 1.48. The fourth-order valence-corrected chi connectivity index (χ4v) is 4.11. The molecule has 19 heavy (non-hydrogen) atoms. The van der Waals surface area contributed by atoms with Gasteiger partial charge >= 0.3 is 0 Å². The second-order valence-electron chi connectivity index (χ2n) is 7.38. The zero-order valence-electron chi connectivity index (χ0n) is 13.4. The second-order valence-corrected chi connectivity index (χ2v) is 7.38. The summed E-state index contributed by atoms with van der Waals surface area (Å²) in [6.45, 7) is 8.40. The molecule has 1 atom stereocenters. The molecule has 1 heterocycles. The van der Waals surface area contributed by atoms with E-state index in [0.717, 1.165) is 12.6 Å². The van der Waals surface area contributed by atoms with Gasteiger partial charge in [0, 0.05) is 30.7 Å². The smallest absolute Gasteiger partial charge is 0.0355 e. The molecule has 3 heteroatoms. The molecule has 1 saturated heterocycles. The normalized spacial score (nSPS) is 30.5. The van der Waals surface area contributed by atoms with Crippen LogP contribution in [0.4, 0.5) is 0 Å². The molecule has 0 aromatic heterocycles. The average molecular weight is 267 g/mol. The number of hydrogen-bond donors (Lipinski definition) is 1. The molecule has 2 rings (SSSR count). The van der Waals surface area contributed by atoms with E-state index in [2.05, 4.69) is 43.1 Å². The van der Waals surface area contributed by atoms with Crippen molar-refractivity contribution >= 4 is 0 Å². The highest BCUT2D eigenvalue weighted by molar-refractivity contribution is 4.96. The Morgan fingerprint density at radius 3 is 2.47 bits per heavy atom. The zero-order valence-corrected chi connectivity index (χ0v) is 13.4. The Balaban J connectivity index is 2.16. The van der Waals surface area contributed by atoms with Gasteiger partial charge in [-0.1, -0.05) is 19.3 Å². The Morgan fingerprint density at radius 1 is 1.16 bits per heavy atom. The van der Waals surface area contributed by atoms with Crippen LogP contribution in [0.1, 0.15) is 52.4 Å². The molecule has 0 spiro atoms. The van der Waals surface area contributed by atoms with Gasteiger partial charge in [0.2, 0.25) is 0 Å². The molecule has 2 fully saturated rings. The number of likely N-dealkylation sites (N-methyl/N-ethyl adjacent to an activating group) is 1. The van der Waals surface area contributed by atoms with Crippen molar-refractivity contribution < 1.29 is 0 Å². The van der Waals surface area contributed by atoms with E-state index in [1.807, 2.05) is 0 Å². The summed E-state index contributed by atoms with van der Waals surface area (Å²) in [4.78, 5) is 5.23. The van der Waals surface area contributed by atoms with Crippen molar-refractivity contribution in [3.8, 4) is 0 Å². The van der Waals surface area contributed by atoms with Gasteiger partial charge in [0.1, 0.15) is 0 Å². The Bertz CT molecular complexity index is 269.